The van der Waals surface area contributed by atoms with Crippen molar-refractivity contribution in [3.8, 4) is 0 Å². The number of ether oxygens (including phenoxy) is 1. The minimum atomic E-state index is -0.365. The van der Waals surface area contributed by atoms with Crippen molar-refractivity contribution in [1.82, 2.24) is 0 Å². The van der Waals surface area contributed by atoms with Gasteiger partial charge in [-0.2, -0.15) is 0 Å². The summed E-state index contributed by atoms with van der Waals surface area (Å²) in [4.78, 5) is 14.5. The number of furan rings is 1. The van der Waals surface area contributed by atoms with Gasteiger partial charge in [0.25, 0.3) is 0 Å². The number of hydrogen-bond acceptors (Lipinski definition) is 3. The second-order valence-electron chi connectivity index (χ2n) is 11.6. The van der Waals surface area contributed by atoms with Gasteiger partial charge < -0.3 is 14.1 Å². The van der Waals surface area contributed by atoms with Crippen LogP contribution in [0.3, 0.4) is 0 Å². The molecule has 1 aromatic rings. The van der Waals surface area contributed by atoms with E-state index in [1.807, 2.05) is 6.26 Å². The summed E-state index contributed by atoms with van der Waals surface area (Å²) in [5.74, 6) is 2.86. The summed E-state index contributed by atoms with van der Waals surface area (Å²) in [6.45, 7) is 15.0. The molecular formula is C28H44NO3+. The molecule has 3 aliphatic rings. The van der Waals surface area contributed by atoms with Gasteiger partial charge in [-0.25, -0.2) is 0 Å². The zero-order valence-electron chi connectivity index (χ0n) is 20.8. The van der Waals surface area contributed by atoms with E-state index >= 15 is 0 Å². The van der Waals surface area contributed by atoms with Crippen LogP contribution >= 0.6 is 0 Å². The van der Waals surface area contributed by atoms with E-state index in [0.29, 0.717) is 11.8 Å². The molecule has 1 N–H and O–H groups in total. The number of likely N-dealkylation sites (tertiary alicyclic amines) is 1. The van der Waals surface area contributed by atoms with E-state index in [1.54, 1.807) is 12.0 Å². The SMILES string of the molecule is C=C1CC[C@H]2[C@](C)(CCC[C@@]2(C)C(=O)OC)[C@H]1CCc1ccoc1C[NH+]1CCC(C)CC1. The Morgan fingerprint density at radius 2 is 2.00 bits per heavy atom. The smallest absolute Gasteiger partial charge is 0.311 e. The van der Waals surface area contributed by atoms with Crippen molar-refractivity contribution in [2.45, 2.75) is 85.1 Å². The van der Waals surface area contributed by atoms with Gasteiger partial charge in [0.15, 0.2) is 5.76 Å². The summed E-state index contributed by atoms with van der Waals surface area (Å²) in [7, 11) is 1.55. The number of piperidine rings is 1. The molecule has 1 saturated heterocycles. The van der Waals surface area contributed by atoms with Crippen molar-refractivity contribution in [2.24, 2.45) is 28.6 Å². The Labute approximate surface area is 194 Å². The van der Waals surface area contributed by atoms with Gasteiger partial charge in [-0.1, -0.05) is 32.4 Å². The lowest BCUT2D eigenvalue weighted by molar-refractivity contribution is -0.920. The predicted octanol–water partition coefficient (Wildman–Crippen LogP) is 4.98. The summed E-state index contributed by atoms with van der Waals surface area (Å²) in [5.41, 5.74) is 2.52. The average molecular weight is 443 g/mol. The number of quaternary nitrogens is 1. The summed E-state index contributed by atoms with van der Waals surface area (Å²) < 4.78 is 11.3. The third-order valence-electron chi connectivity index (χ3n) is 9.60. The standard InChI is InChI=1S/C28H43NO3/c1-20-11-16-29(17-12-20)19-24-22(13-18-32-24)8-9-23-21(2)7-10-25-27(23,3)14-6-15-28(25,4)26(30)31-5/h13,18,20,23,25H,2,6-12,14-17,19H2,1,3-5H3/p+1/t23-,25-,27+,28+/m0/s1. The highest BCUT2D eigenvalue weighted by molar-refractivity contribution is 5.77. The van der Waals surface area contributed by atoms with Crippen molar-refractivity contribution in [3.63, 3.8) is 0 Å². The molecule has 4 rings (SSSR count). The van der Waals surface area contributed by atoms with Crippen LogP contribution in [0.1, 0.15) is 83.5 Å². The minimum absolute atomic E-state index is 0.0179. The first-order valence-corrected chi connectivity index (χ1v) is 12.9. The summed E-state index contributed by atoms with van der Waals surface area (Å²) >= 11 is 0. The van der Waals surface area contributed by atoms with E-state index in [1.165, 1.54) is 49.2 Å². The first-order valence-electron chi connectivity index (χ1n) is 12.9. The fraction of sp³-hybridized carbons (Fsp3) is 0.750. The number of carbonyl (C=O) groups is 1. The lowest BCUT2D eigenvalue weighted by Crippen LogP contribution is -3.11. The summed E-state index contributed by atoms with van der Waals surface area (Å²) in [6, 6.07) is 2.19. The van der Waals surface area contributed by atoms with Gasteiger partial charge in [0, 0.05) is 0 Å². The molecule has 2 aliphatic carbocycles. The van der Waals surface area contributed by atoms with Crippen LogP contribution in [0.2, 0.25) is 0 Å². The van der Waals surface area contributed by atoms with Crippen LogP contribution in [-0.2, 0) is 22.5 Å². The van der Waals surface area contributed by atoms with Crippen LogP contribution in [0.5, 0.6) is 0 Å². The second kappa shape index (κ2) is 9.37. The number of methoxy groups -OCH3 is 1. The Kier molecular flexibility index (Phi) is 6.91. The fourth-order valence-corrected chi connectivity index (χ4v) is 7.58. The average Bonchev–Trinajstić information content (AvgIpc) is 3.21. The molecule has 4 heteroatoms. The lowest BCUT2D eigenvalue weighted by atomic mass is 9.46. The van der Waals surface area contributed by atoms with E-state index in [-0.39, 0.29) is 16.8 Å². The van der Waals surface area contributed by atoms with E-state index in [0.717, 1.165) is 51.0 Å². The number of aryl methyl sites for hydroxylation is 1. The molecule has 32 heavy (non-hydrogen) atoms. The third kappa shape index (κ3) is 4.32. The first-order chi connectivity index (χ1) is 15.3. The second-order valence-corrected chi connectivity index (χ2v) is 11.6. The predicted molar refractivity (Wildman–Crippen MR) is 127 cm³/mol. The van der Waals surface area contributed by atoms with Crippen LogP contribution in [0, 0.1) is 28.6 Å². The van der Waals surface area contributed by atoms with Crippen LogP contribution in [0.25, 0.3) is 0 Å². The number of fused-ring (bicyclic) bond motifs is 1. The van der Waals surface area contributed by atoms with Gasteiger partial charge in [0.1, 0.15) is 6.54 Å². The minimum Gasteiger partial charge on any atom is -0.469 e. The maximum Gasteiger partial charge on any atom is 0.311 e. The van der Waals surface area contributed by atoms with Crippen molar-refractivity contribution >= 4 is 5.97 Å². The van der Waals surface area contributed by atoms with Crippen LogP contribution in [0.15, 0.2) is 28.9 Å². The number of carbonyl (C=O) groups excluding carboxylic acids is 1. The zero-order valence-corrected chi connectivity index (χ0v) is 20.8. The molecule has 1 aliphatic heterocycles. The zero-order chi connectivity index (χ0) is 22.9. The highest BCUT2D eigenvalue weighted by atomic mass is 16.5. The molecule has 0 spiro atoms. The maximum atomic E-state index is 12.8. The summed E-state index contributed by atoms with van der Waals surface area (Å²) in [6.07, 6.45) is 12.0. The topological polar surface area (TPSA) is 43.9 Å². The molecule has 4 atom stereocenters. The molecule has 0 amide bonds. The van der Waals surface area contributed by atoms with E-state index in [9.17, 15) is 4.79 Å². The quantitative estimate of drug-likeness (QED) is 0.499. The molecule has 0 unspecified atom stereocenters. The maximum absolute atomic E-state index is 12.8. The molecule has 2 heterocycles. The number of nitrogens with one attached hydrogen (secondary N) is 1. The van der Waals surface area contributed by atoms with Gasteiger partial charge in [0.05, 0.1) is 31.9 Å². The normalized spacial score (nSPS) is 37.7. The largest absolute Gasteiger partial charge is 0.469 e. The first kappa shape index (κ1) is 23.6. The Hall–Kier alpha value is -1.55. The van der Waals surface area contributed by atoms with E-state index in [4.69, 9.17) is 9.15 Å². The lowest BCUT2D eigenvalue weighted by Gasteiger charge is -2.57. The van der Waals surface area contributed by atoms with Crippen LogP contribution in [-0.4, -0.2) is 26.2 Å². The van der Waals surface area contributed by atoms with Gasteiger partial charge in [-0.05, 0) is 93.1 Å². The third-order valence-corrected chi connectivity index (χ3v) is 9.60. The van der Waals surface area contributed by atoms with Gasteiger partial charge in [-0.3, -0.25) is 4.79 Å². The molecule has 0 aromatic carbocycles. The molecule has 1 aromatic heterocycles. The van der Waals surface area contributed by atoms with Crippen LogP contribution in [0.4, 0.5) is 0 Å². The monoisotopic (exact) mass is 442 g/mol. The molecular weight excluding hydrogens is 398 g/mol. The summed E-state index contributed by atoms with van der Waals surface area (Å²) in [5, 5.41) is 0. The van der Waals surface area contributed by atoms with Crippen molar-refractivity contribution in [1.29, 1.82) is 0 Å². The van der Waals surface area contributed by atoms with Gasteiger partial charge >= 0.3 is 5.97 Å². The molecule has 0 radical (unpaired) electrons. The highest BCUT2D eigenvalue weighted by Gasteiger charge is 2.57. The van der Waals surface area contributed by atoms with Crippen molar-refractivity contribution < 1.29 is 18.8 Å². The fourth-order valence-electron chi connectivity index (χ4n) is 7.58. The number of esters is 1. The van der Waals surface area contributed by atoms with Gasteiger partial charge in [-0.15, -0.1) is 0 Å². The highest BCUT2D eigenvalue weighted by Crippen LogP contribution is 2.62. The van der Waals surface area contributed by atoms with Crippen molar-refractivity contribution in [3.05, 3.63) is 35.8 Å². The Bertz CT molecular complexity index is 820. The number of hydrogen-bond donors (Lipinski definition) is 1. The number of allylic oxidation sites excluding steroid dienone is 1. The molecule has 3 fully saturated rings. The Morgan fingerprint density at radius 1 is 1.25 bits per heavy atom. The molecule has 0 bridgehead atoms. The Balaban J connectivity index is 1.47. The molecule has 2 saturated carbocycles. The van der Waals surface area contributed by atoms with Crippen molar-refractivity contribution in [2.75, 3.05) is 20.2 Å². The Morgan fingerprint density at radius 3 is 2.72 bits per heavy atom. The van der Waals surface area contributed by atoms with E-state index < -0.39 is 0 Å². The van der Waals surface area contributed by atoms with E-state index in [2.05, 4.69) is 33.4 Å². The number of rotatable bonds is 6. The van der Waals surface area contributed by atoms with Crippen LogP contribution < -0.4 is 4.90 Å². The van der Waals surface area contributed by atoms with Gasteiger partial charge in [0.2, 0.25) is 0 Å². The molecule has 178 valence electrons. The molecule has 4 nitrogen and oxygen atoms in total.